The zero-order chi connectivity index (χ0) is 18.5. The Balaban J connectivity index is 1.57. The second-order valence-corrected chi connectivity index (χ2v) is 9.35. The highest BCUT2D eigenvalue weighted by atomic mass is 16.7. The fourth-order valence-corrected chi connectivity index (χ4v) is 6.15. The first-order valence-corrected chi connectivity index (χ1v) is 9.99. The summed E-state index contributed by atoms with van der Waals surface area (Å²) in [7, 11) is 1.63. The van der Waals surface area contributed by atoms with Gasteiger partial charge in [0.2, 0.25) is 0 Å². The molecule has 1 aromatic rings. The molecule has 3 fully saturated rings. The average Bonchev–Trinajstić information content (AvgIpc) is 2.61. The van der Waals surface area contributed by atoms with E-state index >= 15 is 0 Å². The summed E-state index contributed by atoms with van der Waals surface area (Å²) in [6.07, 6.45) is 5.89. The molecule has 26 heavy (non-hydrogen) atoms. The molecule has 1 unspecified atom stereocenters. The SMILES string of the molecule is COc1ccc(O)c([C@H]2OC[C@H]3[C@@H](CCC4C(C)(C)CCC[C@@]43C)O2)c1. The molecule has 4 rings (SSSR count). The van der Waals surface area contributed by atoms with Crippen LogP contribution in [0.15, 0.2) is 18.2 Å². The highest BCUT2D eigenvalue weighted by molar-refractivity contribution is 5.40. The van der Waals surface area contributed by atoms with Gasteiger partial charge in [-0.1, -0.05) is 27.2 Å². The van der Waals surface area contributed by atoms with Crippen LogP contribution < -0.4 is 4.74 Å². The number of hydrogen-bond donors (Lipinski definition) is 1. The first kappa shape index (κ1) is 18.1. The Labute approximate surface area is 156 Å². The van der Waals surface area contributed by atoms with Gasteiger partial charge in [0.25, 0.3) is 0 Å². The monoisotopic (exact) mass is 360 g/mol. The van der Waals surface area contributed by atoms with Crippen molar-refractivity contribution in [2.45, 2.75) is 65.3 Å². The predicted molar refractivity (Wildman–Crippen MR) is 100 cm³/mol. The normalized spacial score (nSPS) is 38.9. The van der Waals surface area contributed by atoms with E-state index in [9.17, 15) is 5.11 Å². The molecule has 0 amide bonds. The number of benzene rings is 1. The van der Waals surface area contributed by atoms with Crippen LogP contribution in [0.4, 0.5) is 0 Å². The quantitative estimate of drug-likeness (QED) is 0.801. The molecule has 5 atom stereocenters. The molecule has 0 bridgehead atoms. The van der Waals surface area contributed by atoms with Gasteiger partial charge in [0.05, 0.1) is 25.4 Å². The third-order valence-corrected chi connectivity index (χ3v) is 7.53. The van der Waals surface area contributed by atoms with Crippen molar-refractivity contribution in [3.8, 4) is 11.5 Å². The maximum atomic E-state index is 10.3. The summed E-state index contributed by atoms with van der Waals surface area (Å²) in [6, 6.07) is 5.22. The molecule has 4 nitrogen and oxygen atoms in total. The highest BCUT2D eigenvalue weighted by Crippen LogP contribution is 2.61. The topological polar surface area (TPSA) is 47.9 Å². The summed E-state index contributed by atoms with van der Waals surface area (Å²) in [5.41, 5.74) is 1.35. The Hall–Kier alpha value is -1.26. The van der Waals surface area contributed by atoms with Gasteiger partial charge in [-0.05, 0) is 60.6 Å². The molecule has 1 N–H and O–H groups in total. The molecule has 2 saturated carbocycles. The molecule has 0 radical (unpaired) electrons. The second-order valence-electron chi connectivity index (χ2n) is 9.35. The van der Waals surface area contributed by atoms with Crippen molar-refractivity contribution >= 4 is 0 Å². The Kier molecular flexibility index (Phi) is 4.47. The number of aromatic hydroxyl groups is 1. The Morgan fingerprint density at radius 1 is 1.15 bits per heavy atom. The van der Waals surface area contributed by atoms with Crippen LogP contribution in [0, 0.1) is 22.7 Å². The molecule has 2 aliphatic carbocycles. The van der Waals surface area contributed by atoms with E-state index < -0.39 is 6.29 Å². The summed E-state index contributed by atoms with van der Waals surface area (Å²) in [4.78, 5) is 0. The van der Waals surface area contributed by atoms with Gasteiger partial charge < -0.3 is 19.3 Å². The van der Waals surface area contributed by atoms with E-state index in [1.807, 2.05) is 6.07 Å². The van der Waals surface area contributed by atoms with Crippen LogP contribution in [0.25, 0.3) is 0 Å². The van der Waals surface area contributed by atoms with Crippen molar-refractivity contribution in [3.63, 3.8) is 0 Å². The zero-order valence-corrected chi connectivity index (χ0v) is 16.5. The van der Waals surface area contributed by atoms with Crippen LogP contribution in [-0.2, 0) is 9.47 Å². The summed E-state index contributed by atoms with van der Waals surface area (Å²) in [6.45, 7) is 8.05. The number of fused-ring (bicyclic) bond motifs is 3. The van der Waals surface area contributed by atoms with Gasteiger partial charge in [0.15, 0.2) is 6.29 Å². The number of hydrogen-bond acceptors (Lipinski definition) is 4. The zero-order valence-electron chi connectivity index (χ0n) is 16.5. The molecular weight excluding hydrogens is 328 g/mol. The number of phenols is 1. The first-order chi connectivity index (χ1) is 12.3. The Morgan fingerprint density at radius 3 is 2.73 bits per heavy atom. The summed E-state index contributed by atoms with van der Waals surface area (Å²) >= 11 is 0. The highest BCUT2D eigenvalue weighted by Gasteiger charge is 2.56. The van der Waals surface area contributed by atoms with Crippen molar-refractivity contribution < 1.29 is 19.3 Å². The summed E-state index contributed by atoms with van der Waals surface area (Å²) < 4.78 is 17.9. The number of phenolic OH excluding ortho intramolecular Hbond substituents is 1. The van der Waals surface area contributed by atoms with Crippen LogP contribution in [0.2, 0.25) is 0 Å². The van der Waals surface area contributed by atoms with E-state index in [4.69, 9.17) is 14.2 Å². The standard InChI is InChI=1S/C22H32O4/c1-21(2)10-5-11-22(3)16-13-25-20(26-18(16)8-9-19(21)22)15-12-14(24-4)6-7-17(15)23/h6-7,12,16,18-20,23H,5,8-11,13H2,1-4H3/t16-,18+,19?,20-,22+/m0/s1. The second kappa shape index (κ2) is 6.42. The van der Waals surface area contributed by atoms with E-state index in [2.05, 4.69) is 20.8 Å². The molecule has 1 heterocycles. The minimum absolute atomic E-state index is 0.202. The van der Waals surface area contributed by atoms with Crippen LogP contribution in [-0.4, -0.2) is 24.9 Å². The van der Waals surface area contributed by atoms with E-state index in [0.29, 0.717) is 29.3 Å². The van der Waals surface area contributed by atoms with Gasteiger partial charge in [-0.25, -0.2) is 0 Å². The maximum Gasteiger partial charge on any atom is 0.187 e. The van der Waals surface area contributed by atoms with Gasteiger partial charge in [-0.3, -0.25) is 0 Å². The van der Waals surface area contributed by atoms with E-state index in [1.165, 1.54) is 25.7 Å². The van der Waals surface area contributed by atoms with Gasteiger partial charge in [-0.15, -0.1) is 0 Å². The molecular formula is C22H32O4. The van der Waals surface area contributed by atoms with Crippen molar-refractivity contribution in [1.82, 2.24) is 0 Å². The lowest BCUT2D eigenvalue weighted by atomic mass is 9.48. The van der Waals surface area contributed by atoms with E-state index in [1.54, 1.807) is 19.2 Å². The summed E-state index contributed by atoms with van der Waals surface area (Å²) in [5.74, 6) is 2.08. The van der Waals surface area contributed by atoms with Gasteiger partial charge in [0, 0.05) is 5.92 Å². The fraction of sp³-hybridized carbons (Fsp3) is 0.727. The molecule has 0 spiro atoms. The van der Waals surface area contributed by atoms with Crippen molar-refractivity contribution in [3.05, 3.63) is 23.8 Å². The van der Waals surface area contributed by atoms with E-state index in [-0.39, 0.29) is 17.3 Å². The third-order valence-electron chi connectivity index (χ3n) is 7.53. The van der Waals surface area contributed by atoms with Crippen LogP contribution in [0.5, 0.6) is 11.5 Å². The van der Waals surface area contributed by atoms with Crippen molar-refractivity contribution in [1.29, 1.82) is 0 Å². The van der Waals surface area contributed by atoms with Crippen LogP contribution in [0.3, 0.4) is 0 Å². The molecule has 0 aromatic heterocycles. The Bertz CT molecular complexity index is 670. The molecule has 1 aromatic carbocycles. The van der Waals surface area contributed by atoms with Gasteiger partial charge >= 0.3 is 0 Å². The lowest BCUT2D eigenvalue weighted by Gasteiger charge is -2.60. The fourth-order valence-electron chi connectivity index (χ4n) is 6.15. The molecule has 4 heteroatoms. The predicted octanol–water partition coefficient (Wildman–Crippen LogP) is 5.06. The van der Waals surface area contributed by atoms with Crippen LogP contribution >= 0.6 is 0 Å². The lowest BCUT2D eigenvalue weighted by Crippen LogP contribution is -2.56. The minimum Gasteiger partial charge on any atom is -0.507 e. The van der Waals surface area contributed by atoms with E-state index in [0.717, 1.165) is 12.3 Å². The van der Waals surface area contributed by atoms with Gasteiger partial charge in [-0.2, -0.15) is 0 Å². The minimum atomic E-state index is -0.511. The van der Waals surface area contributed by atoms with Crippen molar-refractivity contribution in [2.75, 3.05) is 13.7 Å². The smallest absolute Gasteiger partial charge is 0.187 e. The molecule has 3 aliphatic rings. The molecule has 1 saturated heterocycles. The summed E-state index contributed by atoms with van der Waals surface area (Å²) in [5, 5.41) is 10.3. The number of ether oxygens (including phenoxy) is 3. The lowest BCUT2D eigenvalue weighted by molar-refractivity contribution is -0.286. The van der Waals surface area contributed by atoms with Crippen molar-refractivity contribution in [2.24, 2.45) is 22.7 Å². The van der Waals surface area contributed by atoms with Gasteiger partial charge in [0.1, 0.15) is 11.5 Å². The average molecular weight is 360 g/mol. The largest absolute Gasteiger partial charge is 0.507 e. The molecule has 1 aliphatic heterocycles. The molecule has 144 valence electrons. The number of rotatable bonds is 2. The number of methoxy groups -OCH3 is 1. The maximum absolute atomic E-state index is 10.3. The van der Waals surface area contributed by atoms with Crippen LogP contribution in [0.1, 0.15) is 64.7 Å². The first-order valence-electron chi connectivity index (χ1n) is 9.99. The Morgan fingerprint density at radius 2 is 1.96 bits per heavy atom. The third kappa shape index (κ3) is 2.82.